The summed E-state index contributed by atoms with van der Waals surface area (Å²) in [6, 6.07) is 6.04. The van der Waals surface area contributed by atoms with Crippen LogP contribution in [0.4, 0.5) is 5.69 Å². The molecule has 5 nitrogen and oxygen atoms in total. The molecule has 1 aromatic heterocycles. The van der Waals surface area contributed by atoms with Crippen LogP contribution < -0.4 is 10.1 Å². The number of hydrogen-bond acceptors (Lipinski definition) is 3. The minimum atomic E-state index is 0.119. The molecular formula is C19H22N2O3. The Bertz CT molecular complexity index is 781. The highest BCUT2D eigenvalue weighted by molar-refractivity contribution is 6.03. The number of aromatic nitrogens is 1. The summed E-state index contributed by atoms with van der Waals surface area (Å²) in [5, 5.41) is 4.11. The summed E-state index contributed by atoms with van der Waals surface area (Å²) in [4.78, 5) is 15.7. The first kappa shape index (κ1) is 14.3. The number of amides is 1. The van der Waals surface area contributed by atoms with E-state index in [0.717, 1.165) is 61.2 Å². The van der Waals surface area contributed by atoms with E-state index in [9.17, 15) is 4.79 Å². The second kappa shape index (κ2) is 5.24. The second-order valence-electron chi connectivity index (χ2n) is 7.67. The zero-order valence-corrected chi connectivity index (χ0v) is 13.6. The Labute approximate surface area is 140 Å². The molecule has 5 heteroatoms. The maximum absolute atomic E-state index is 12.5. The van der Waals surface area contributed by atoms with Gasteiger partial charge in [0.1, 0.15) is 5.75 Å². The van der Waals surface area contributed by atoms with Gasteiger partial charge in [-0.15, -0.1) is 0 Å². The number of aromatic amines is 1. The lowest BCUT2D eigenvalue weighted by Crippen LogP contribution is -2.54. The summed E-state index contributed by atoms with van der Waals surface area (Å²) in [5.74, 6) is 1.13. The van der Waals surface area contributed by atoms with Crippen LogP contribution in [-0.4, -0.2) is 30.2 Å². The predicted octanol–water partition coefficient (Wildman–Crippen LogP) is 3.46. The molecule has 126 valence electrons. The standard InChI is InChI=1S/C19H22N2O3/c22-18(12-7-19(8-12)10-23-11-19)21-17-9-20-16-5-4-14(6-15(16)17)24-13-2-1-3-13/h4-6,9,12-13,20H,1-3,7-8,10-11H2,(H,21,22). The van der Waals surface area contributed by atoms with Crippen molar-refractivity contribution >= 4 is 22.5 Å². The van der Waals surface area contributed by atoms with Crippen LogP contribution in [0.2, 0.25) is 0 Å². The number of H-pyrrole nitrogens is 1. The summed E-state index contributed by atoms with van der Waals surface area (Å²) in [7, 11) is 0. The maximum Gasteiger partial charge on any atom is 0.227 e. The molecule has 0 radical (unpaired) electrons. The molecule has 1 amide bonds. The van der Waals surface area contributed by atoms with Crippen LogP contribution in [0.1, 0.15) is 32.1 Å². The molecule has 0 atom stereocenters. The van der Waals surface area contributed by atoms with E-state index >= 15 is 0 Å². The van der Waals surface area contributed by atoms with Crippen molar-refractivity contribution in [3.8, 4) is 5.75 Å². The van der Waals surface area contributed by atoms with Crippen LogP contribution in [0.15, 0.2) is 24.4 Å². The monoisotopic (exact) mass is 326 g/mol. The van der Waals surface area contributed by atoms with Crippen molar-refractivity contribution in [1.29, 1.82) is 0 Å². The summed E-state index contributed by atoms with van der Waals surface area (Å²) in [6.07, 6.45) is 7.68. The fraction of sp³-hybridized carbons (Fsp3) is 0.526. The van der Waals surface area contributed by atoms with Crippen molar-refractivity contribution in [1.82, 2.24) is 4.98 Å². The quantitative estimate of drug-likeness (QED) is 0.904. The van der Waals surface area contributed by atoms with Gasteiger partial charge in [-0.05, 0) is 50.3 Å². The molecule has 3 fully saturated rings. The number of ether oxygens (including phenoxy) is 2. The van der Waals surface area contributed by atoms with Crippen LogP contribution in [0, 0.1) is 11.3 Å². The molecule has 2 N–H and O–H groups in total. The molecule has 0 bridgehead atoms. The Kier molecular flexibility index (Phi) is 3.13. The summed E-state index contributed by atoms with van der Waals surface area (Å²) < 4.78 is 11.3. The van der Waals surface area contributed by atoms with E-state index in [2.05, 4.69) is 10.3 Å². The van der Waals surface area contributed by atoms with Crippen molar-refractivity contribution in [2.75, 3.05) is 18.5 Å². The number of carbonyl (C=O) groups excluding carboxylic acids is 1. The third-order valence-electron chi connectivity index (χ3n) is 5.81. The first-order chi connectivity index (χ1) is 11.7. The number of benzene rings is 1. The highest BCUT2D eigenvalue weighted by Crippen LogP contribution is 2.51. The Morgan fingerprint density at radius 3 is 2.79 bits per heavy atom. The van der Waals surface area contributed by atoms with Gasteiger partial charge >= 0.3 is 0 Å². The van der Waals surface area contributed by atoms with Gasteiger partial charge in [0.15, 0.2) is 0 Å². The molecule has 5 rings (SSSR count). The van der Waals surface area contributed by atoms with Crippen molar-refractivity contribution in [2.45, 2.75) is 38.2 Å². The highest BCUT2D eigenvalue weighted by Gasteiger charge is 2.52. The van der Waals surface area contributed by atoms with E-state index in [4.69, 9.17) is 9.47 Å². The Morgan fingerprint density at radius 1 is 1.29 bits per heavy atom. The van der Waals surface area contributed by atoms with E-state index < -0.39 is 0 Å². The van der Waals surface area contributed by atoms with E-state index in [1.807, 2.05) is 24.4 Å². The molecule has 2 heterocycles. The zero-order chi connectivity index (χ0) is 16.1. The van der Waals surface area contributed by atoms with Gasteiger partial charge in [0.05, 0.1) is 25.0 Å². The molecule has 1 aromatic carbocycles. The molecular weight excluding hydrogens is 304 g/mol. The van der Waals surface area contributed by atoms with Gasteiger partial charge in [-0.3, -0.25) is 4.79 Å². The van der Waals surface area contributed by atoms with E-state index in [1.54, 1.807) is 0 Å². The average Bonchev–Trinajstić information content (AvgIpc) is 2.82. The minimum absolute atomic E-state index is 0.119. The fourth-order valence-electron chi connectivity index (χ4n) is 3.99. The SMILES string of the molecule is O=C(Nc1c[nH]c2ccc(OC3CCC3)cc12)C1CC2(COC2)C1. The zero-order valence-electron chi connectivity index (χ0n) is 13.6. The van der Waals surface area contributed by atoms with Gasteiger partial charge in [-0.1, -0.05) is 0 Å². The summed E-state index contributed by atoms with van der Waals surface area (Å²) >= 11 is 0. The van der Waals surface area contributed by atoms with Crippen LogP contribution in [0.5, 0.6) is 5.75 Å². The molecule has 24 heavy (non-hydrogen) atoms. The van der Waals surface area contributed by atoms with Crippen LogP contribution in [0.3, 0.4) is 0 Å². The van der Waals surface area contributed by atoms with Gasteiger partial charge in [0.25, 0.3) is 0 Å². The third kappa shape index (κ3) is 2.30. The van der Waals surface area contributed by atoms with Crippen LogP contribution in [-0.2, 0) is 9.53 Å². The van der Waals surface area contributed by atoms with Crippen molar-refractivity contribution in [3.63, 3.8) is 0 Å². The molecule has 2 aromatic rings. The summed E-state index contributed by atoms with van der Waals surface area (Å²) in [6.45, 7) is 1.65. The molecule has 1 aliphatic heterocycles. The highest BCUT2D eigenvalue weighted by atomic mass is 16.5. The van der Waals surface area contributed by atoms with Crippen LogP contribution in [0.25, 0.3) is 10.9 Å². The Hall–Kier alpha value is -2.01. The van der Waals surface area contributed by atoms with Gasteiger partial charge in [0, 0.05) is 28.4 Å². The lowest BCUT2D eigenvalue weighted by Gasteiger charge is -2.52. The minimum Gasteiger partial charge on any atom is -0.490 e. The Balaban J connectivity index is 1.30. The first-order valence-corrected chi connectivity index (χ1v) is 8.87. The Morgan fingerprint density at radius 2 is 2.12 bits per heavy atom. The topological polar surface area (TPSA) is 63.4 Å². The van der Waals surface area contributed by atoms with E-state index in [1.165, 1.54) is 6.42 Å². The lowest BCUT2D eigenvalue weighted by atomic mass is 9.60. The predicted molar refractivity (Wildman–Crippen MR) is 91.2 cm³/mol. The maximum atomic E-state index is 12.5. The van der Waals surface area contributed by atoms with Crippen molar-refractivity contribution < 1.29 is 14.3 Å². The fourth-order valence-corrected chi connectivity index (χ4v) is 3.99. The van der Waals surface area contributed by atoms with E-state index in [-0.39, 0.29) is 11.8 Å². The second-order valence-corrected chi connectivity index (χ2v) is 7.67. The molecule has 0 unspecified atom stereocenters. The van der Waals surface area contributed by atoms with E-state index in [0.29, 0.717) is 11.5 Å². The number of rotatable bonds is 4. The molecule has 3 aliphatic rings. The smallest absolute Gasteiger partial charge is 0.227 e. The third-order valence-corrected chi connectivity index (χ3v) is 5.81. The number of anilines is 1. The number of hydrogen-bond donors (Lipinski definition) is 2. The van der Waals surface area contributed by atoms with Gasteiger partial charge in [-0.2, -0.15) is 0 Å². The first-order valence-electron chi connectivity index (χ1n) is 8.87. The largest absolute Gasteiger partial charge is 0.490 e. The lowest BCUT2D eigenvalue weighted by molar-refractivity contribution is -0.181. The van der Waals surface area contributed by atoms with Gasteiger partial charge in [0.2, 0.25) is 5.91 Å². The van der Waals surface area contributed by atoms with Gasteiger partial charge in [-0.25, -0.2) is 0 Å². The van der Waals surface area contributed by atoms with Crippen LogP contribution >= 0.6 is 0 Å². The van der Waals surface area contributed by atoms with Crippen molar-refractivity contribution in [2.24, 2.45) is 11.3 Å². The number of carbonyl (C=O) groups is 1. The number of fused-ring (bicyclic) bond motifs is 1. The van der Waals surface area contributed by atoms with Crippen molar-refractivity contribution in [3.05, 3.63) is 24.4 Å². The molecule has 1 saturated heterocycles. The molecule has 1 spiro atoms. The summed E-state index contributed by atoms with van der Waals surface area (Å²) in [5.41, 5.74) is 2.18. The number of nitrogens with one attached hydrogen (secondary N) is 2. The van der Waals surface area contributed by atoms with Gasteiger partial charge < -0.3 is 19.8 Å². The average molecular weight is 326 g/mol. The molecule has 2 saturated carbocycles. The molecule has 2 aliphatic carbocycles. The normalized spacial score (nSPS) is 22.7.